The molecule has 2 N–H and O–H groups in total. The number of benzene rings is 2. The molecule has 2 aromatic rings. The van der Waals surface area contributed by atoms with E-state index in [1.54, 1.807) is 6.07 Å². The van der Waals surface area contributed by atoms with Crippen LogP contribution >= 0.6 is 23.2 Å². The van der Waals surface area contributed by atoms with Crippen LogP contribution in [0.4, 0.5) is 5.69 Å². The van der Waals surface area contributed by atoms with Crippen LogP contribution in [0.5, 0.6) is 0 Å². The molecular weight excluding hydrogens is 281 g/mol. The fourth-order valence-electron chi connectivity index (χ4n) is 1.77. The van der Waals surface area contributed by atoms with Crippen LogP contribution < -0.4 is 5.32 Å². The number of aliphatic hydroxyl groups is 1. The van der Waals surface area contributed by atoms with Crippen LogP contribution in [0.25, 0.3) is 0 Å². The van der Waals surface area contributed by atoms with E-state index in [1.165, 1.54) is 0 Å². The van der Waals surface area contributed by atoms with Gasteiger partial charge in [-0.05, 0) is 30.7 Å². The summed E-state index contributed by atoms with van der Waals surface area (Å²) in [6.07, 6.45) is -0.659. The summed E-state index contributed by atoms with van der Waals surface area (Å²) < 4.78 is 0. The highest BCUT2D eigenvalue weighted by molar-refractivity contribution is 6.31. The van der Waals surface area contributed by atoms with Gasteiger partial charge in [-0.25, -0.2) is 0 Å². The molecule has 0 saturated heterocycles. The lowest BCUT2D eigenvalue weighted by molar-refractivity contribution is 0.192. The summed E-state index contributed by atoms with van der Waals surface area (Å²) in [5, 5.41) is 14.5. The second-order valence-corrected chi connectivity index (χ2v) is 5.20. The topological polar surface area (TPSA) is 32.3 Å². The number of anilines is 1. The van der Waals surface area contributed by atoms with Crippen molar-refractivity contribution in [1.29, 1.82) is 0 Å². The molecule has 0 bridgehead atoms. The highest BCUT2D eigenvalue weighted by Gasteiger charge is 2.10. The molecule has 0 saturated carbocycles. The molecule has 0 aliphatic rings. The smallest absolute Gasteiger partial charge is 0.0976 e. The molecule has 1 unspecified atom stereocenters. The standard InChI is InChI=1S/C15H15Cl2NO/c1-10-6-7-11(8-14(10)17)18-9-15(19)12-4-2-3-5-13(12)16/h2-8,15,18-19H,9H2,1H3. The molecule has 2 rings (SSSR count). The minimum Gasteiger partial charge on any atom is -0.387 e. The Hall–Kier alpha value is -1.22. The third-order valence-electron chi connectivity index (χ3n) is 2.94. The molecule has 0 spiro atoms. The number of nitrogens with one attached hydrogen (secondary N) is 1. The molecule has 1 atom stereocenters. The van der Waals surface area contributed by atoms with Gasteiger partial charge in [-0.1, -0.05) is 47.5 Å². The Morgan fingerprint density at radius 3 is 2.53 bits per heavy atom. The maximum atomic E-state index is 10.1. The molecule has 100 valence electrons. The van der Waals surface area contributed by atoms with Gasteiger partial charge < -0.3 is 10.4 Å². The molecule has 0 radical (unpaired) electrons. The lowest BCUT2D eigenvalue weighted by Crippen LogP contribution is -2.12. The van der Waals surface area contributed by atoms with Crippen molar-refractivity contribution >= 4 is 28.9 Å². The molecule has 0 amide bonds. The molecule has 2 nitrogen and oxygen atoms in total. The van der Waals surface area contributed by atoms with Gasteiger partial charge in [0.15, 0.2) is 0 Å². The summed E-state index contributed by atoms with van der Waals surface area (Å²) in [6.45, 7) is 2.33. The molecule has 0 aliphatic carbocycles. The van der Waals surface area contributed by atoms with E-state index < -0.39 is 6.10 Å². The van der Waals surface area contributed by atoms with E-state index in [-0.39, 0.29) is 0 Å². The third kappa shape index (κ3) is 3.63. The van der Waals surface area contributed by atoms with E-state index >= 15 is 0 Å². The average molecular weight is 296 g/mol. The van der Waals surface area contributed by atoms with Crippen molar-refractivity contribution in [1.82, 2.24) is 0 Å². The van der Waals surface area contributed by atoms with Crippen LogP contribution in [0, 0.1) is 6.92 Å². The Labute approximate surface area is 123 Å². The van der Waals surface area contributed by atoms with Gasteiger partial charge in [0.05, 0.1) is 6.10 Å². The fourth-order valence-corrected chi connectivity index (χ4v) is 2.21. The van der Waals surface area contributed by atoms with E-state index in [2.05, 4.69) is 5.32 Å². The largest absolute Gasteiger partial charge is 0.387 e. The Morgan fingerprint density at radius 2 is 1.84 bits per heavy atom. The van der Waals surface area contributed by atoms with E-state index in [9.17, 15) is 5.11 Å². The molecular formula is C15H15Cl2NO. The maximum Gasteiger partial charge on any atom is 0.0976 e. The van der Waals surface area contributed by atoms with Gasteiger partial charge in [0.2, 0.25) is 0 Å². The lowest BCUT2D eigenvalue weighted by Gasteiger charge is -2.15. The zero-order valence-electron chi connectivity index (χ0n) is 10.5. The Morgan fingerprint density at radius 1 is 1.11 bits per heavy atom. The van der Waals surface area contributed by atoms with Crippen LogP contribution in [0.2, 0.25) is 10.0 Å². The lowest BCUT2D eigenvalue weighted by atomic mass is 10.1. The van der Waals surface area contributed by atoms with E-state index in [1.807, 2.05) is 43.3 Å². The third-order valence-corrected chi connectivity index (χ3v) is 3.69. The molecule has 0 aromatic heterocycles. The first-order chi connectivity index (χ1) is 9.08. The second kappa shape index (κ2) is 6.29. The van der Waals surface area contributed by atoms with Gasteiger partial charge >= 0.3 is 0 Å². The number of rotatable bonds is 4. The number of hydrogen-bond donors (Lipinski definition) is 2. The summed E-state index contributed by atoms with van der Waals surface area (Å²) in [6, 6.07) is 13.0. The zero-order valence-corrected chi connectivity index (χ0v) is 12.0. The monoisotopic (exact) mass is 295 g/mol. The van der Waals surface area contributed by atoms with Gasteiger partial charge in [0.1, 0.15) is 0 Å². The molecule has 0 fully saturated rings. The van der Waals surface area contributed by atoms with Crippen LogP contribution in [0.3, 0.4) is 0 Å². The quantitative estimate of drug-likeness (QED) is 0.873. The normalized spacial score (nSPS) is 12.2. The van der Waals surface area contributed by atoms with Crippen molar-refractivity contribution in [3.05, 3.63) is 63.6 Å². The van der Waals surface area contributed by atoms with Crippen molar-refractivity contribution in [2.45, 2.75) is 13.0 Å². The first kappa shape index (κ1) is 14.2. The summed E-state index contributed by atoms with van der Waals surface area (Å²) >= 11 is 12.1. The number of aryl methyl sites for hydroxylation is 1. The van der Waals surface area contributed by atoms with Crippen LogP contribution in [-0.4, -0.2) is 11.7 Å². The van der Waals surface area contributed by atoms with Crippen molar-refractivity contribution in [3.63, 3.8) is 0 Å². The highest BCUT2D eigenvalue weighted by atomic mass is 35.5. The Balaban J connectivity index is 2.02. The van der Waals surface area contributed by atoms with Crippen molar-refractivity contribution in [2.24, 2.45) is 0 Å². The van der Waals surface area contributed by atoms with Gasteiger partial charge in [-0.2, -0.15) is 0 Å². The summed E-state index contributed by atoms with van der Waals surface area (Å²) in [7, 11) is 0. The molecule has 2 aromatic carbocycles. The maximum absolute atomic E-state index is 10.1. The summed E-state index contributed by atoms with van der Waals surface area (Å²) in [4.78, 5) is 0. The first-order valence-electron chi connectivity index (χ1n) is 6.00. The van der Waals surface area contributed by atoms with Crippen LogP contribution in [-0.2, 0) is 0 Å². The first-order valence-corrected chi connectivity index (χ1v) is 6.76. The van der Waals surface area contributed by atoms with Crippen molar-refractivity contribution in [2.75, 3.05) is 11.9 Å². The Bertz CT molecular complexity index is 572. The van der Waals surface area contributed by atoms with Crippen LogP contribution in [0.15, 0.2) is 42.5 Å². The fraction of sp³-hybridized carbons (Fsp3) is 0.200. The molecule has 19 heavy (non-hydrogen) atoms. The van der Waals surface area contributed by atoms with Crippen LogP contribution in [0.1, 0.15) is 17.2 Å². The predicted molar refractivity (Wildman–Crippen MR) is 81.1 cm³/mol. The second-order valence-electron chi connectivity index (χ2n) is 4.38. The van der Waals surface area contributed by atoms with Gasteiger partial charge in [-0.3, -0.25) is 0 Å². The molecule has 0 heterocycles. The predicted octanol–water partition coefficient (Wildman–Crippen LogP) is 4.45. The van der Waals surface area contributed by atoms with E-state index in [4.69, 9.17) is 23.2 Å². The van der Waals surface area contributed by atoms with Crippen molar-refractivity contribution in [3.8, 4) is 0 Å². The summed E-state index contributed by atoms with van der Waals surface area (Å²) in [5.41, 5.74) is 2.62. The number of aliphatic hydroxyl groups excluding tert-OH is 1. The van der Waals surface area contributed by atoms with Gasteiger partial charge in [0, 0.05) is 27.8 Å². The minimum atomic E-state index is -0.659. The average Bonchev–Trinajstić information content (AvgIpc) is 2.40. The van der Waals surface area contributed by atoms with Gasteiger partial charge in [0.25, 0.3) is 0 Å². The minimum absolute atomic E-state index is 0.378. The highest BCUT2D eigenvalue weighted by Crippen LogP contribution is 2.24. The van der Waals surface area contributed by atoms with E-state index in [0.29, 0.717) is 16.6 Å². The molecule has 4 heteroatoms. The zero-order chi connectivity index (χ0) is 13.8. The number of hydrogen-bond acceptors (Lipinski definition) is 2. The van der Waals surface area contributed by atoms with Gasteiger partial charge in [-0.15, -0.1) is 0 Å². The molecule has 0 aliphatic heterocycles. The van der Waals surface area contributed by atoms with Crippen molar-refractivity contribution < 1.29 is 5.11 Å². The SMILES string of the molecule is Cc1ccc(NCC(O)c2ccccc2Cl)cc1Cl. The summed E-state index contributed by atoms with van der Waals surface area (Å²) in [5.74, 6) is 0. The van der Waals surface area contributed by atoms with E-state index in [0.717, 1.165) is 16.8 Å². The Kier molecular flexibility index (Phi) is 4.70. The number of halogens is 2.